The smallest absolute Gasteiger partial charge is 0.317 e. The van der Waals surface area contributed by atoms with Crippen molar-refractivity contribution < 1.29 is 23.8 Å². The van der Waals surface area contributed by atoms with Crippen LogP contribution >= 0.6 is 15.9 Å². The Kier molecular flexibility index (Phi) is 7.16. The Morgan fingerprint density at radius 3 is 2.65 bits per heavy atom. The van der Waals surface area contributed by atoms with E-state index in [1.807, 2.05) is 27.8 Å². The molecule has 1 heterocycles. The zero-order valence-corrected chi connectivity index (χ0v) is 20.6. The van der Waals surface area contributed by atoms with E-state index >= 15 is 0 Å². The number of carbonyl (C=O) groups excluding carboxylic acids is 2. The van der Waals surface area contributed by atoms with Crippen molar-refractivity contribution >= 4 is 27.7 Å². The lowest BCUT2D eigenvalue weighted by Crippen LogP contribution is -2.60. The summed E-state index contributed by atoms with van der Waals surface area (Å²) in [6, 6.07) is 5.29. The van der Waals surface area contributed by atoms with Crippen molar-refractivity contribution in [3.05, 3.63) is 35.4 Å². The molecule has 170 valence electrons. The van der Waals surface area contributed by atoms with Crippen LogP contribution in [0.15, 0.2) is 29.8 Å². The fourth-order valence-electron chi connectivity index (χ4n) is 4.89. The van der Waals surface area contributed by atoms with E-state index in [1.165, 1.54) is 0 Å². The number of fused-ring (bicyclic) bond motifs is 2. The van der Waals surface area contributed by atoms with E-state index in [9.17, 15) is 9.59 Å². The van der Waals surface area contributed by atoms with Gasteiger partial charge in [-0.3, -0.25) is 9.59 Å². The fraction of sp³-hybridized carbons (Fsp3) is 0.583. The molecule has 2 fully saturated rings. The van der Waals surface area contributed by atoms with Crippen LogP contribution in [0.25, 0.3) is 0 Å². The van der Waals surface area contributed by atoms with Crippen molar-refractivity contribution in [2.75, 3.05) is 33.9 Å². The molecule has 7 heteroatoms. The molecule has 0 spiro atoms. The minimum atomic E-state index is -0.835. The Labute approximate surface area is 193 Å². The lowest BCUT2D eigenvalue weighted by Gasteiger charge is -2.53. The molecule has 0 unspecified atom stereocenters. The maximum Gasteiger partial charge on any atom is 0.317 e. The Morgan fingerprint density at radius 2 is 2.00 bits per heavy atom. The first kappa shape index (κ1) is 23.8. The largest absolute Gasteiger partial charge is 0.493 e. The third-order valence-corrected chi connectivity index (χ3v) is 7.07. The summed E-state index contributed by atoms with van der Waals surface area (Å²) in [5.41, 5.74) is 0.400. The van der Waals surface area contributed by atoms with Crippen LogP contribution in [0, 0.1) is 5.41 Å². The number of piperidine rings is 1. The number of esters is 1. The number of rotatable bonds is 7. The molecule has 0 radical (unpaired) electrons. The van der Waals surface area contributed by atoms with Gasteiger partial charge in [0, 0.05) is 13.1 Å². The average molecular weight is 494 g/mol. The molecule has 2 bridgehead atoms. The molecule has 1 aromatic rings. The highest BCUT2D eigenvalue weighted by Crippen LogP contribution is 2.55. The van der Waals surface area contributed by atoms with Crippen LogP contribution in [0.3, 0.4) is 0 Å². The maximum atomic E-state index is 13.6. The number of hydrogen-bond donors (Lipinski definition) is 0. The molecule has 31 heavy (non-hydrogen) atoms. The summed E-state index contributed by atoms with van der Waals surface area (Å²) in [6.07, 6.45) is 3.93. The molecule has 1 aliphatic carbocycles. The zero-order chi connectivity index (χ0) is 22.8. The molecular formula is C24H32BrNO5. The summed E-state index contributed by atoms with van der Waals surface area (Å²) in [6.45, 7) is 7.19. The monoisotopic (exact) mass is 493 g/mol. The summed E-state index contributed by atoms with van der Waals surface area (Å²) in [5.74, 6) is 0.478. The highest BCUT2D eigenvalue weighted by molar-refractivity contribution is 9.10. The van der Waals surface area contributed by atoms with Gasteiger partial charge in [-0.25, -0.2) is 0 Å². The third-order valence-electron chi connectivity index (χ3n) is 5.99. The Hall–Kier alpha value is -1.86. The molecule has 0 aromatic heterocycles. The number of alkyl halides is 1. The lowest BCUT2D eigenvalue weighted by molar-refractivity contribution is -0.157. The molecule has 1 saturated carbocycles. The van der Waals surface area contributed by atoms with Gasteiger partial charge in [0.05, 0.1) is 29.7 Å². The highest BCUT2D eigenvalue weighted by atomic mass is 79.9. The van der Waals surface area contributed by atoms with Gasteiger partial charge in [-0.15, -0.1) is 0 Å². The number of benzene rings is 1. The minimum absolute atomic E-state index is 0.119. The lowest BCUT2D eigenvalue weighted by atomic mass is 9.62. The standard InChI is InChI=1S/C24H32BrNO5/c1-6-30-22(28)23-11-8-12-24(25,15-26(4)14-23)20(23)13-18(27)17-9-7-10-19(29-5)21(17)31-16(2)3/h7,9-10,13,16H,6,8,11-12,14-15H2,1-5H3/t23-,24+/m0/s1. The Balaban J connectivity index is 2.12. The number of hydrogen-bond acceptors (Lipinski definition) is 6. The zero-order valence-electron chi connectivity index (χ0n) is 19.0. The first-order valence-electron chi connectivity index (χ1n) is 10.8. The van der Waals surface area contributed by atoms with Crippen molar-refractivity contribution in [1.82, 2.24) is 4.90 Å². The van der Waals surface area contributed by atoms with E-state index in [0.29, 0.717) is 36.6 Å². The molecule has 2 aliphatic rings. The van der Waals surface area contributed by atoms with Crippen LogP contribution in [-0.4, -0.2) is 60.9 Å². The number of para-hydroxylation sites is 1. The molecule has 0 amide bonds. The van der Waals surface area contributed by atoms with E-state index in [1.54, 1.807) is 31.4 Å². The van der Waals surface area contributed by atoms with Crippen molar-refractivity contribution in [2.45, 2.75) is 50.5 Å². The predicted octanol–water partition coefficient (Wildman–Crippen LogP) is 4.40. The van der Waals surface area contributed by atoms with Gasteiger partial charge >= 0.3 is 5.97 Å². The van der Waals surface area contributed by atoms with E-state index in [2.05, 4.69) is 20.8 Å². The second-order valence-electron chi connectivity index (χ2n) is 8.72. The predicted molar refractivity (Wildman–Crippen MR) is 123 cm³/mol. The number of carbonyl (C=O) groups is 2. The number of methoxy groups -OCH3 is 1. The van der Waals surface area contributed by atoms with E-state index in [-0.39, 0.29) is 17.9 Å². The molecule has 1 saturated heterocycles. The van der Waals surface area contributed by atoms with Gasteiger partial charge in [-0.2, -0.15) is 0 Å². The number of likely N-dealkylation sites (tertiary alicyclic amines) is 1. The van der Waals surface area contributed by atoms with Gasteiger partial charge in [0.1, 0.15) is 5.41 Å². The molecular weight excluding hydrogens is 462 g/mol. The minimum Gasteiger partial charge on any atom is -0.493 e. The number of ether oxygens (including phenoxy) is 3. The van der Waals surface area contributed by atoms with Crippen molar-refractivity contribution in [2.24, 2.45) is 5.41 Å². The van der Waals surface area contributed by atoms with Crippen molar-refractivity contribution in [1.29, 1.82) is 0 Å². The van der Waals surface area contributed by atoms with E-state index < -0.39 is 9.74 Å². The van der Waals surface area contributed by atoms with Crippen molar-refractivity contribution in [3.8, 4) is 11.5 Å². The summed E-state index contributed by atoms with van der Waals surface area (Å²) in [5, 5.41) is 0. The summed E-state index contributed by atoms with van der Waals surface area (Å²) in [4.78, 5) is 28.9. The second-order valence-corrected chi connectivity index (χ2v) is 10.2. The first-order chi connectivity index (χ1) is 14.7. The topological polar surface area (TPSA) is 65.1 Å². The van der Waals surface area contributed by atoms with Gasteiger partial charge < -0.3 is 19.1 Å². The first-order valence-corrected chi connectivity index (χ1v) is 11.6. The average Bonchev–Trinajstić information content (AvgIpc) is 2.69. The second kappa shape index (κ2) is 9.33. The quantitative estimate of drug-likeness (QED) is 0.242. The summed E-state index contributed by atoms with van der Waals surface area (Å²) >= 11 is 3.91. The van der Waals surface area contributed by atoms with E-state index in [0.717, 1.165) is 25.0 Å². The number of ketones is 1. The van der Waals surface area contributed by atoms with Gasteiger partial charge in [0.2, 0.25) is 0 Å². The van der Waals surface area contributed by atoms with Gasteiger partial charge in [-0.05, 0) is 64.4 Å². The Bertz CT molecular complexity index is 883. The van der Waals surface area contributed by atoms with Crippen LogP contribution in [-0.2, 0) is 9.53 Å². The Morgan fingerprint density at radius 1 is 1.26 bits per heavy atom. The number of halogens is 1. The third kappa shape index (κ3) is 4.53. The molecule has 6 nitrogen and oxygen atoms in total. The van der Waals surface area contributed by atoms with Crippen LogP contribution < -0.4 is 9.47 Å². The van der Waals surface area contributed by atoms with Gasteiger partial charge in [-0.1, -0.05) is 28.4 Å². The van der Waals surface area contributed by atoms with Gasteiger partial charge in [0.25, 0.3) is 0 Å². The van der Waals surface area contributed by atoms with E-state index in [4.69, 9.17) is 14.2 Å². The number of allylic oxidation sites excluding steroid dienone is 1. The summed E-state index contributed by atoms with van der Waals surface area (Å²) in [7, 11) is 3.56. The molecule has 3 rings (SSSR count). The highest BCUT2D eigenvalue weighted by Gasteiger charge is 2.57. The van der Waals surface area contributed by atoms with Crippen LogP contribution in [0.2, 0.25) is 0 Å². The van der Waals surface area contributed by atoms with Crippen molar-refractivity contribution in [3.63, 3.8) is 0 Å². The summed E-state index contributed by atoms with van der Waals surface area (Å²) < 4.78 is 16.4. The molecule has 1 aromatic carbocycles. The van der Waals surface area contributed by atoms with Crippen LogP contribution in [0.4, 0.5) is 0 Å². The fourth-order valence-corrected chi connectivity index (χ4v) is 6.09. The molecule has 2 atom stereocenters. The SMILES string of the molecule is CCOC(=O)[C@@]12CCC[C@@](Br)(CN(C)C1)C2=CC(=O)c1cccc(OC)c1OC(C)C. The molecule has 0 N–H and O–H groups in total. The van der Waals surface area contributed by atoms with Crippen LogP contribution in [0.1, 0.15) is 50.4 Å². The van der Waals surface area contributed by atoms with Crippen LogP contribution in [0.5, 0.6) is 11.5 Å². The normalized spacial score (nSPS) is 27.3. The maximum absolute atomic E-state index is 13.6. The van der Waals surface area contributed by atoms with Gasteiger partial charge in [0.15, 0.2) is 17.3 Å². The number of nitrogens with zero attached hydrogens (tertiary/aromatic N) is 1. The molecule has 1 aliphatic heterocycles.